The molecule has 1 aliphatic rings. The molecule has 1 aromatic heterocycles. The monoisotopic (exact) mass is 320 g/mol. The Morgan fingerprint density at radius 3 is 2.95 bits per heavy atom. The molecule has 1 aromatic carbocycles. The highest BCUT2D eigenvalue weighted by molar-refractivity contribution is 7.16. The van der Waals surface area contributed by atoms with Gasteiger partial charge in [0.2, 0.25) is 5.91 Å². The van der Waals surface area contributed by atoms with E-state index in [4.69, 9.17) is 11.6 Å². The Bertz CT molecular complexity index is 655. The molecule has 2 heterocycles. The van der Waals surface area contributed by atoms with Crippen LogP contribution in [0, 0.1) is 0 Å². The minimum Gasteiger partial charge on any atom is -0.384 e. The Kier molecular flexibility index (Phi) is 4.17. The summed E-state index contributed by atoms with van der Waals surface area (Å²) in [7, 11) is 1.85. The van der Waals surface area contributed by atoms with Crippen molar-refractivity contribution in [1.29, 1.82) is 0 Å². The van der Waals surface area contributed by atoms with E-state index in [2.05, 4.69) is 17.4 Å². The fourth-order valence-corrected chi connectivity index (χ4v) is 3.81. The number of halogens is 1. The molecule has 110 valence electrons. The van der Waals surface area contributed by atoms with Crippen LogP contribution in [0.1, 0.15) is 22.8 Å². The summed E-state index contributed by atoms with van der Waals surface area (Å²) in [6.07, 6.45) is 0.541. The van der Waals surface area contributed by atoms with Gasteiger partial charge in [-0.3, -0.25) is 4.79 Å². The van der Waals surface area contributed by atoms with Gasteiger partial charge in [0, 0.05) is 36.5 Å². The summed E-state index contributed by atoms with van der Waals surface area (Å²) in [6.45, 7) is 1.46. The minimum atomic E-state index is 0.169. The van der Waals surface area contributed by atoms with Crippen LogP contribution in [-0.4, -0.2) is 24.4 Å². The van der Waals surface area contributed by atoms with Crippen LogP contribution in [0.5, 0.6) is 0 Å². The predicted octanol–water partition coefficient (Wildman–Crippen LogP) is 3.96. The quantitative estimate of drug-likeness (QED) is 0.924. The minimum absolute atomic E-state index is 0.169. The van der Waals surface area contributed by atoms with Crippen LogP contribution in [-0.2, 0) is 11.3 Å². The van der Waals surface area contributed by atoms with Crippen molar-refractivity contribution in [3.63, 3.8) is 0 Å². The number of nitrogens with one attached hydrogen (secondary N) is 1. The van der Waals surface area contributed by atoms with E-state index in [9.17, 15) is 4.79 Å². The first-order valence-corrected chi connectivity index (χ1v) is 8.14. The fourth-order valence-electron chi connectivity index (χ4n) is 2.66. The molecule has 0 radical (unpaired) electrons. The SMILES string of the molecule is CN(Cc1ccc(Cl)s1)C(=O)CC1CNc2ccccc21. The maximum Gasteiger partial charge on any atom is 0.223 e. The van der Waals surface area contributed by atoms with Crippen molar-refractivity contribution < 1.29 is 4.79 Å². The van der Waals surface area contributed by atoms with Gasteiger partial charge in [-0.05, 0) is 23.8 Å². The van der Waals surface area contributed by atoms with Gasteiger partial charge in [0.15, 0.2) is 0 Å². The second-order valence-corrected chi connectivity index (χ2v) is 7.12. The molecule has 1 unspecified atom stereocenters. The number of nitrogens with zero attached hydrogens (tertiary/aromatic N) is 1. The van der Waals surface area contributed by atoms with Crippen LogP contribution in [0.25, 0.3) is 0 Å². The highest BCUT2D eigenvalue weighted by Crippen LogP contribution is 2.33. The first-order chi connectivity index (χ1) is 10.1. The summed E-state index contributed by atoms with van der Waals surface area (Å²) < 4.78 is 0.764. The lowest BCUT2D eigenvalue weighted by atomic mass is 9.97. The number of hydrogen-bond acceptors (Lipinski definition) is 3. The Labute approximate surface area is 133 Å². The van der Waals surface area contributed by atoms with Crippen molar-refractivity contribution in [1.82, 2.24) is 4.90 Å². The van der Waals surface area contributed by atoms with Crippen molar-refractivity contribution in [3.8, 4) is 0 Å². The number of benzene rings is 1. The van der Waals surface area contributed by atoms with Gasteiger partial charge in [0.1, 0.15) is 0 Å². The average Bonchev–Trinajstić information content (AvgIpc) is 3.06. The molecule has 0 saturated heterocycles. The van der Waals surface area contributed by atoms with Crippen LogP contribution in [0.15, 0.2) is 36.4 Å². The zero-order chi connectivity index (χ0) is 14.8. The molecule has 3 rings (SSSR count). The van der Waals surface area contributed by atoms with Gasteiger partial charge < -0.3 is 10.2 Å². The van der Waals surface area contributed by atoms with Crippen molar-refractivity contribution >= 4 is 34.5 Å². The molecule has 1 aliphatic heterocycles. The summed E-state index contributed by atoms with van der Waals surface area (Å²) in [6, 6.07) is 12.1. The zero-order valence-electron chi connectivity index (χ0n) is 11.8. The smallest absolute Gasteiger partial charge is 0.223 e. The molecule has 0 bridgehead atoms. The molecule has 1 atom stereocenters. The van der Waals surface area contributed by atoms with Crippen LogP contribution in [0.3, 0.4) is 0 Å². The van der Waals surface area contributed by atoms with E-state index in [1.165, 1.54) is 16.9 Å². The number of amides is 1. The maximum absolute atomic E-state index is 12.4. The van der Waals surface area contributed by atoms with Crippen molar-refractivity contribution in [2.24, 2.45) is 0 Å². The molecule has 0 saturated carbocycles. The third kappa shape index (κ3) is 3.22. The third-order valence-corrected chi connectivity index (χ3v) is 5.02. The van der Waals surface area contributed by atoms with Gasteiger partial charge in [0.25, 0.3) is 0 Å². The van der Waals surface area contributed by atoms with Crippen molar-refractivity contribution in [2.75, 3.05) is 18.9 Å². The topological polar surface area (TPSA) is 32.3 Å². The zero-order valence-corrected chi connectivity index (χ0v) is 13.4. The van der Waals surface area contributed by atoms with Crippen LogP contribution in [0.2, 0.25) is 4.34 Å². The molecule has 0 spiro atoms. The molecular formula is C16H17ClN2OS. The lowest BCUT2D eigenvalue weighted by molar-refractivity contribution is -0.130. The maximum atomic E-state index is 12.4. The van der Waals surface area contributed by atoms with Gasteiger partial charge >= 0.3 is 0 Å². The Morgan fingerprint density at radius 2 is 2.19 bits per heavy atom. The van der Waals surface area contributed by atoms with E-state index < -0.39 is 0 Å². The highest BCUT2D eigenvalue weighted by atomic mass is 35.5. The Hall–Kier alpha value is -1.52. The van der Waals surface area contributed by atoms with Gasteiger partial charge in [-0.2, -0.15) is 0 Å². The van der Waals surface area contributed by atoms with Crippen LogP contribution >= 0.6 is 22.9 Å². The summed E-state index contributed by atoms with van der Waals surface area (Å²) in [5, 5.41) is 3.36. The van der Waals surface area contributed by atoms with Gasteiger partial charge in [0.05, 0.1) is 10.9 Å². The van der Waals surface area contributed by atoms with Gasteiger partial charge in [-0.15, -0.1) is 11.3 Å². The lowest BCUT2D eigenvalue weighted by Crippen LogP contribution is -2.27. The number of fused-ring (bicyclic) bond motifs is 1. The van der Waals surface area contributed by atoms with Gasteiger partial charge in [-0.25, -0.2) is 0 Å². The second kappa shape index (κ2) is 6.08. The van der Waals surface area contributed by atoms with E-state index in [0.29, 0.717) is 13.0 Å². The molecule has 2 aromatic rings. The predicted molar refractivity (Wildman–Crippen MR) is 88.1 cm³/mol. The first-order valence-electron chi connectivity index (χ1n) is 6.94. The highest BCUT2D eigenvalue weighted by Gasteiger charge is 2.25. The number of para-hydroxylation sites is 1. The summed E-state index contributed by atoms with van der Waals surface area (Å²) in [4.78, 5) is 15.3. The van der Waals surface area contributed by atoms with Crippen LogP contribution < -0.4 is 5.32 Å². The number of anilines is 1. The van der Waals surface area contributed by atoms with E-state index in [1.54, 1.807) is 4.90 Å². The van der Waals surface area contributed by atoms with Crippen molar-refractivity contribution in [3.05, 3.63) is 51.2 Å². The molecule has 21 heavy (non-hydrogen) atoms. The van der Waals surface area contributed by atoms with Crippen molar-refractivity contribution in [2.45, 2.75) is 18.9 Å². The standard InChI is InChI=1S/C16H17ClN2OS/c1-19(10-12-6-7-15(17)21-12)16(20)8-11-9-18-14-5-3-2-4-13(11)14/h2-7,11,18H,8-10H2,1H3. The number of thiophene rings is 1. The largest absolute Gasteiger partial charge is 0.384 e. The van der Waals surface area contributed by atoms with E-state index >= 15 is 0 Å². The molecule has 3 nitrogen and oxygen atoms in total. The number of carbonyl (C=O) groups is 1. The lowest BCUT2D eigenvalue weighted by Gasteiger charge is -2.18. The first kappa shape index (κ1) is 14.4. The number of hydrogen-bond donors (Lipinski definition) is 1. The Balaban J connectivity index is 1.62. The molecule has 0 fully saturated rings. The van der Waals surface area contributed by atoms with E-state index in [1.807, 2.05) is 31.3 Å². The molecule has 5 heteroatoms. The average molecular weight is 321 g/mol. The molecular weight excluding hydrogens is 304 g/mol. The second-order valence-electron chi connectivity index (χ2n) is 5.32. The van der Waals surface area contributed by atoms with Gasteiger partial charge in [-0.1, -0.05) is 29.8 Å². The third-order valence-electron chi connectivity index (χ3n) is 3.81. The van der Waals surface area contributed by atoms with Crippen LogP contribution in [0.4, 0.5) is 5.69 Å². The van der Waals surface area contributed by atoms with E-state index in [0.717, 1.165) is 21.4 Å². The number of rotatable bonds is 4. The summed E-state index contributed by atoms with van der Waals surface area (Å²) >= 11 is 7.45. The molecule has 0 aliphatic carbocycles. The summed E-state index contributed by atoms with van der Waals surface area (Å²) in [5.41, 5.74) is 2.40. The molecule has 1 N–H and O–H groups in total. The normalized spacial score (nSPS) is 16.4. The van der Waals surface area contributed by atoms with E-state index in [-0.39, 0.29) is 11.8 Å². The molecule has 1 amide bonds. The fraction of sp³-hybridized carbons (Fsp3) is 0.312. The number of carbonyl (C=O) groups excluding carboxylic acids is 1. The Morgan fingerprint density at radius 1 is 1.38 bits per heavy atom. The summed E-state index contributed by atoms with van der Waals surface area (Å²) in [5.74, 6) is 0.436.